The normalized spacial score (nSPS) is 20.7. The highest BCUT2D eigenvalue weighted by Gasteiger charge is 2.20. The van der Waals surface area contributed by atoms with E-state index in [-0.39, 0.29) is 37.0 Å². The summed E-state index contributed by atoms with van der Waals surface area (Å²) in [6.45, 7) is 9.12. The van der Waals surface area contributed by atoms with Gasteiger partial charge in [-0.3, -0.25) is 4.79 Å². The first kappa shape index (κ1) is 28.6. The zero-order valence-corrected chi connectivity index (χ0v) is 20.5. The third-order valence-corrected chi connectivity index (χ3v) is 5.95. The average Bonchev–Trinajstić information content (AvgIpc) is 2.73. The highest BCUT2D eigenvalue weighted by Crippen LogP contribution is 2.21. The molecule has 1 aliphatic carbocycles. The first-order chi connectivity index (χ1) is 15.5. The molecule has 0 aromatic heterocycles. The topological polar surface area (TPSA) is 61.8 Å². The molecule has 0 fully saturated rings. The minimum Gasteiger partial charge on any atom is -0.458 e. The van der Waals surface area contributed by atoms with Crippen molar-refractivity contribution in [2.75, 3.05) is 20.0 Å². The number of ketones is 1. The van der Waals surface area contributed by atoms with E-state index in [1.54, 1.807) is 6.92 Å². The average molecular weight is 451 g/mol. The van der Waals surface area contributed by atoms with Crippen LogP contribution in [0.1, 0.15) is 97.3 Å². The van der Waals surface area contributed by atoms with Crippen molar-refractivity contribution in [2.45, 2.75) is 103 Å². The molecule has 0 aromatic carbocycles. The number of carbonyl (C=O) groups is 2. The summed E-state index contributed by atoms with van der Waals surface area (Å²) in [5.41, 5.74) is 0. The third kappa shape index (κ3) is 15.4. The first-order valence-corrected chi connectivity index (χ1v) is 12.7. The lowest BCUT2D eigenvalue weighted by molar-refractivity contribution is -0.148. The molecule has 0 radical (unpaired) electrons. The van der Waals surface area contributed by atoms with E-state index >= 15 is 0 Å². The highest BCUT2D eigenvalue weighted by atomic mass is 16.7. The van der Waals surface area contributed by atoms with Crippen molar-refractivity contribution in [3.63, 3.8) is 0 Å². The Morgan fingerprint density at radius 2 is 1.72 bits per heavy atom. The van der Waals surface area contributed by atoms with E-state index in [0.717, 1.165) is 38.7 Å². The first-order valence-electron chi connectivity index (χ1n) is 12.7. The standard InChI is InChI=1S/C27H46O5/c1-4-6-7-8-9-12-18-30-22-31-19-17-25(20-23(3)28)21-27(29)32-26-14-11-10-13-24(5-2)15-16-26/h5,15-16,24-26H,2,4,6-14,17-22H2,1,3H3/b16-15-/t24-,25?,26-/m1/s1. The molecular weight excluding hydrogens is 404 g/mol. The van der Waals surface area contributed by atoms with E-state index in [0.29, 0.717) is 25.4 Å². The van der Waals surface area contributed by atoms with Crippen LogP contribution in [0.15, 0.2) is 24.8 Å². The van der Waals surface area contributed by atoms with E-state index in [1.807, 2.05) is 12.2 Å². The molecule has 184 valence electrons. The van der Waals surface area contributed by atoms with Gasteiger partial charge in [0.05, 0.1) is 0 Å². The number of hydrogen-bond donors (Lipinski definition) is 0. The minimum atomic E-state index is -0.235. The Bertz CT molecular complexity index is 542. The van der Waals surface area contributed by atoms with Crippen molar-refractivity contribution in [3.05, 3.63) is 24.8 Å². The van der Waals surface area contributed by atoms with Crippen LogP contribution in [0.25, 0.3) is 0 Å². The van der Waals surface area contributed by atoms with Gasteiger partial charge in [0, 0.05) is 26.1 Å². The van der Waals surface area contributed by atoms with Gasteiger partial charge in [-0.2, -0.15) is 0 Å². The lowest BCUT2D eigenvalue weighted by Crippen LogP contribution is -2.21. The second-order valence-corrected chi connectivity index (χ2v) is 9.06. The number of allylic oxidation sites excluding steroid dienone is 2. The van der Waals surface area contributed by atoms with Crippen molar-refractivity contribution in [1.82, 2.24) is 0 Å². The molecule has 0 spiro atoms. The molecule has 0 aliphatic heterocycles. The molecule has 0 bridgehead atoms. The molecule has 3 atom stereocenters. The molecule has 0 saturated heterocycles. The third-order valence-electron chi connectivity index (χ3n) is 5.95. The lowest BCUT2D eigenvalue weighted by Gasteiger charge is -2.20. The fourth-order valence-corrected chi connectivity index (χ4v) is 4.03. The summed E-state index contributed by atoms with van der Waals surface area (Å²) in [6.07, 6.45) is 18.6. The van der Waals surface area contributed by atoms with E-state index in [2.05, 4.69) is 19.6 Å². The van der Waals surface area contributed by atoms with Gasteiger partial charge in [-0.25, -0.2) is 0 Å². The van der Waals surface area contributed by atoms with Crippen LogP contribution in [0, 0.1) is 11.8 Å². The maximum absolute atomic E-state index is 12.5. The van der Waals surface area contributed by atoms with E-state index in [4.69, 9.17) is 14.2 Å². The van der Waals surface area contributed by atoms with Crippen LogP contribution in [0.2, 0.25) is 0 Å². The Balaban J connectivity index is 2.25. The van der Waals surface area contributed by atoms with E-state index in [9.17, 15) is 9.59 Å². The number of Topliss-reactive ketones (excluding diaryl/α,β-unsaturated/α-hetero) is 1. The fraction of sp³-hybridized carbons (Fsp3) is 0.778. The number of ether oxygens (including phenoxy) is 3. The van der Waals surface area contributed by atoms with Crippen LogP contribution in [-0.4, -0.2) is 37.9 Å². The Morgan fingerprint density at radius 1 is 1.00 bits per heavy atom. The van der Waals surface area contributed by atoms with Gasteiger partial charge in [0.15, 0.2) is 0 Å². The minimum absolute atomic E-state index is 0.0583. The van der Waals surface area contributed by atoms with Crippen LogP contribution in [0.3, 0.4) is 0 Å². The summed E-state index contributed by atoms with van der Waals surface area (Å²) < 4.78 is 16.8. The monoisotopic (exact) mass is 450 g/mol. The molecule has 1 rings (SSSR count). The van der Waals surface area contributed by atoms with Crippen LogP contribution >= 0.6 is 0 Å². The van der Waals surface area contributed by atoms with Crippen LogP contribution in [0.4, 0.5) is 0 Å². The summed E-state index contributed by atoms with van der Waals surface area (Å²) in [4.78, 5) is 24.1. The molecule has 1 aliphatic rings. The zero-order chi connectivity index (χ0) is 23.4. The Morgan fingerprint density at radius 3 is 2.47 bits per heavy atom. The number of unbranched alkanes of at least 4 members (excludes halogenated alkanes) is 5. The Labute approximate surface area is 196 Å². The Kier molecular flexibility index (Phi) is 17.0. The maximum Gasteiger partial charge on any atom is 0.306 e. The van der Waals surface area contributed by atoms with Gasteiger partial charge in [0.25, 0.3) is 0 Å². The van der Waals surface area contributed by atoms with Gasteiger partial charge < -0.3 is 19.0 Å². The van der Waals surface area contributed by atoms with Crippen molar-refractivity contribution in [2.24, 2.45) is 11.8 Å². The van der Waals surface area contributed by atoms with Gasteiger partial charge >= 0.3 is 5.97 Å². The quantitative estimate of drug-likeness (QED) is 0.102. The van der Waals surface area contributed by atoms with Crippen LogP contribution < -0.4 is 0 Å². The van der Waals surface area contributed by atoms with Gasteiger partial charge in [0.1, 0.15) is 18.7 Å². The van der Waals surface area contributed by atoms with Crippen molar-refractivity contribution in [1.29, 1.82) is 0 Å². The Hall–Kier alpha value is -1.46. The number of esters is 1. The smallest absolute Gasteiger partial charge is 0.306 e. The van der Waals surface area contributed by atoms with Crippen molar-refractivity contribution in [3.8, 4) is 0 Å². The fourth-order valence-electron chi connectivity index (χ4n) is 4.03. The highest BCUT2D eigenvalue weighted by molar-refractivity contribution is 5.77. The van der Waals surface area contributed by atoms with Crippen LogP contribution in [-0.2, 0) is 23.8 Å². The van der Waals surface area contributed by atoms with E-state index < -0.39 is 0 Å². The molecule has 1 unspecified atom stereocenters. The van der Waals surface area contributed by atoms with Crippen molar-refractivity contribution >= 4 is 11.8 Å². The predicted octanol–water partition coefficient (Wildman–Crippen LogP) is 6.56. The van der Waals surface area contributed by atoms with E-state index in [1.165, 1.54) is 32.1 Å². The summed E-state index contributed by atoms with van der Waals surface area (Å²) in [6, 6.07) is 0. The summed E-state index contributed by atoms with van der Waals surface area (Å²) in [7, 11) is 0. The SMILES string of the molecule is C=C[C@H]1/C=C\[C@H](OC(=O)CC(CCOCOCCCCCCCC)CC(C)=O)CCCC1. The largest absolute Gasteiger partial charge is 0.458 e. The molecule has 5 nitrogen and oxygen atoms in total. The number of hydrogen-bond acceptors (Lipinski definition) is 5. The van der Waals surface area contributed by atoms with Gasteiger partial charge in [-0.05, 0) is 56.9 Å². The van der Waals surface area contributed by atoms with Gasteiger partial charge in [0.2, 0.25) is 0 Å². The lowest BCUT2D eigenvalue weighted by atomic mass is 9.95. The maximum atomic E-state index is 12.5. The summed E-state index contributed by atoms with van der Waals surface area (Å²) in [5.74, 6) is 0.141. The molecule has 0 heterocycles. The molecule has 0 aromatic rings. The van der Waals surface area contributed by atoms with Gasteiger partial charge in [-0.15, -0.1) is 6.58 Å². The summed E-state index contributed by atoms with van der Waals surface area (Å²) >= 11 is 0. The molecule has 5 heteroatoms. The molecule has 0 amide bonds. The predicted molar refractivity (Wildman–Crippen MR) is 129 cm³/mol. The van der Waals surface area contributed by atoms with Crippen LogP contribution in [0.5, 0.6) is 0 Å². The second-order valence-electron chi connectivity index (χ2n) is 9.06. The number of carbonyl (C=O) groups excluding carboxylic acids is 2. The molecule has 0 N–H and O–H groups in total. The van der Waals surface area contributed by atoms with Crippen molar-refractivity contribution < 1.29 is 23.8 Å². The molecule has 32 heavy (non-hydrogen) atoms. The summed E-state index contributed by atoms with van der Waals surface area (Å²) in [5, 5.41) is 0. The molecular formula is C27H46O5. The molecule has 0 saturated carbocycles. The zero-order valence-electron chi connectivity index (χ0n) is 20.5. The second kappa shape index (κ2) is 19.0. The van der Waals surface area contributed by atoms with Gasteiger partial charge in [-0.1, -0.05) is 57.6 Å². The number of rotatable bonds is 18.